The van der Waals surface area contributed by atoms with E-state index >= 15 is 0 Å². The molecule has 2 heterocycles. The SMILES string of the molecule is COC(=O)N(C(=O)c1cccs1)[C@H](C)S[C@H]1C[C@@H](c2ccc(CN(C)C(=O)OC(C)(C)C)cc2)N(C(=O)OC(C)(C)C)C1. The summed E-state index contributed by atoms with van der Waals surface area (Å²) >= 11 is 2.70. The predicted molar refractivity (Wildman–Crippen MR) is 168 cm³/mol. The first kappa shape index (κ1) is 34.2. The molecule has 10 nitrogen and oxygen atoms in total. The van der Waals surface area contributed by atoms with Crippen molar-refractivity contribution in [2.24, 2.45) is 0 Å². The van der Waals surface area contributed by atoms with Crippen molar-refractivity contribution in [2.45, 2.75) is 89.3 Å². The number of methoxy groups -OCH3 is 1. The Hall–Kier alpha value is -3.25. The highest BCUT2D eigenvalue weighted by Gasteiger charge is 2.41. The molecule has 236 valence electrons. The van der Waals surface area contributed by atoms with E-state index in [1.807, 2.05) is 65.8 Å². The second-order valence-corrected chi connectivity index (χ2v) is 15.0. The minimum Gasteiger partial charge on any atom is -0.452 e. The zero-order valence-corrected chi connectivity index (χ0v) is 28.0. The monoisotopic (exact) mass is 633 g/mol. The van der Waals surface area contributed by atoms with Crippen LogP contribution in [0.2, 0.25) is 0 Å². The average Bonchev–Trinajstić information content (AvgIpc) is 3.58. The molecule has 1 fully saturated rings. The van der Waals surface area contributed by atoms with Crippen molar-refractivity contribution in [1.82, 2.24) is 14.7 Å². The largest absolute Gasteiger partial charge is 0.452 e. The maximum atomic E-state index is 13.3. The smallest absolute Gasteiger partial charge is 0.417 e. The molecule has 1 aliphatic rings. The van der Waals surface area contributed by atoms with Gasteiger partial charge in [0, 0.05) is 25.4 Å². The van der Waals surface area contributed by atoms with E-state index in [2.05, 4.69) is 0 Å². The molecule has 0 unspecified atom stereocenters. The van der Waals surface area contributed by atoms with Crippen molar-refractivity contribution in [3.8, 4) is 0 Å². The van der Waals surface area contributed by atoms with Gasteiger partial charge in [0.05, 0.1) is 23.4 Å². The maximum Gasteiger partial charge on any atom is 0.417 e. The lowest BCUT2D eigenvalue weighted by Crippen LogP contribution is -2.42. The Balaban J connectivity index is 1.79. The van der Waals surface area contributed by atoms with Gasteiger partial charge >= 0.3 is 18.3 Å². The third kappa shape index (κ3) is 9.62. The van der Waals surface area contributed by atoms with Crippen LogP contribution in [0.15, 0.2) is 41.8 Å². The highest BCUT2D eigenvalue weighted by Crippen LogP contribution is 2.40. The zero-order chi connectivity index (χ0) is 32.1. The van der Waals surface area contributed by atoms with Crippen LogP contribution in [0.5, 0.6) is 0 Å². The van der Waals surface area contributed by atoms with Crippen LogP contribution < -0.4 is 0 Å². The minimum atomic E-state index is -0.733. The molecule has 1 aromatic heterocycles. The Kier molecular flexibility index (Phi) is 11.2. The van der Waals surface area contributed by atoms with Gasteiger partial charge in [0.25, 0.3) is 5.91 Å². The van der Waals surface area contributed by atoms with Gasteiger partial charge in [-0.1, -0.05) is 30.3 Å². The van der Waals surface area contributed by atoms with Gasteiger partial charge in [-0.05, 0) is 77.5 Å². The van der Waals surface area contributed by atoms with E-state index in [1.54, 1.807) is 36.4 Å². The summed E-state index contributed by atoms with van der Waals surface area (Å²) in [6.45, 7) is 13.5. The molecular weight excluding hydrogens is 590 g/mol. The highest BCUT2D eigenvalue weighted by atomic mass is 32.2. The summed E-state index contributed by atoms with van der Waals surface area (Å²) in [7, 11) is 2.94. The van der Waals surface area contributed by atoms with Crippen LogP contribution in [0.3, 0.4) is 0 Å². The number of likely N-dealkylation sites (tertiary alicyclic amines) is 1. The highest BCUT2D eigenvalue weighted by molar-refractivity contribution is 8.00. The second-order valence-electron chi connectivity index (χ2n) is 12.4. The number of thiophene rings is 1. The van der Waals surface area contributed by atoms with Crippen molar-refractivity contribution in [3.63, 3.8) is 0 Å². The number of ether oxygens (including phenoxy) is 3. The summed E-state index contributed by atoms with van der Waals surface area (Å²) in [5.74, 6) is -0.424. The summed E-state index contributed by atoms with van der Waals surface area (Å²) in [5.41, 5.74) is 0.578. The molecule has 12 heteroatoms. The lowest BCUT2D eigenvalue weighted by molar-refractivity contribution is 0.0222. The quantitative estimate of drug-likeness (QED) is 0.234. The average molecular weight is 634 g/mol. The number of hydrogen-bond donors (Lipinski definition) is 0. The lowest BCUT2D eigenvalue weighted by atomic mass is 10.0. The number of thioether (sulfide) groups is 1. The number of amides is 4. The number of carbonyl (C=O) groups is 4. The molecule has 0 spiro atoms. The first-order valence-electron chi connectivity index (χ1n) is 14.1. The minimum absolute atomic E-state index is 0.0891. The maximum absolute atomic E-state index is 13.3. The molecule has 2 aromatic rings. The summed E-state index contributed by atoms with van der Waals surface area (Å²) < 4.78 is 16.1. The zero-order valence-electron chi connectivity index (χ0n) is 26.4. The van der Waals surface area contributed by atoms with Crippen LogP contribution in [-0.2, 0) is 20.8 Å². The molecule has 43 heavy (non-hydrogen) atoms. The molecule has 3 atom stereocenters. The molecule has 4 amide bonds. The van der Waals surface area contributed by atoms with Crippen LogP contribution in [0, 0.1) is 0 Å². The van der Waals surface area contributed by atoms with Crippen molar-refractivity contribution in [2.75, 3.05) is 20.7 Å². The van der Waals surface area contributed by atoms with Crippen LogP contribution in [0.25, 0.3) is 0 Å². The Labute approximate surface area is 262 Å². The van der Waals surface area contributed by atoms with Crippen LogP contribution in [-0.4, -0.2) is 81.4 Å². The van der Waals surface area contributed by atoms with Gasteiger partial charge in [0.15, 0.2) is 0 Å². The van der Waals surface area contributed by atoms with E-state index in [4.69, 9.17) is 14.2 Å². The van der Waals surface area contributed by atoms with Crippen molar-refractivity contribution < 1.29 is 33.4 Å². The van der Waals surface area contributed by atoms with Crippen molar-refractivity contribution in [1.29, 1.82) is 0 Å². The molecule has 1 aliphatic heterocycles. The number of carbonyl (C=O) groups excluding carboxylic acids is 4. The molecule has 3 rings (SSSR count). The fourth-order valence-corrected chi connectivity index (χ4v) is 6.67. The molecule has 0 radical (unpaired) electrons. The van der Waals surface area contributed by atoms with Gasteiger partial charge in [-0.15, -0.1) is 23.1 Å². The van der Waals surface area contributed by atoms with E-state index in [0.29, 0.717) is 24.4 Å². The van der Waals surface area contributed by atoms with Crippen LogP contribution in [0.4, 0.5) is 14.4 Å². The number of nitrogens with zero attached hydrogens (tertiary/aromatic N) is 3. The Morgan fingerprint density at radius 2 is 1.63 bits per heavy atom. The Morgan fingerprint density at radius 3 is 2.16 bits per heavy atom. The standard InChI is InChI=1S/C31H43N3O7S2/c1-20(34(29(38)39-9)26(35)25-11-10-16-42-25)43-23-17-24(33(19-23)28(37)41-31(5,6)7)22-14-12-21(13-15-22)18-32(8)27(36)40-30(2,3)4/h10-16,20,23-24H,17-19H2,1-9H3/t20-,23-,24-/m0/s1. The Bertz CT molecular complexity index is 1270. The summed E-state index contributed by atoms with van der Waals surface area (Å²) in [5, 5.41) is 1.15. The van der Waals surface area contributed by atoms with Gasteiger partial charge in [0.2, 0.25) is 0 Å². The topological polar surface area (TPSA) is 106 Å². The van der Waals surface area contributed by atoms with Gasteiger partial charge in [-0.2, -0.15) is 0 Å². The fourth-order valence-electron chi connectivity index (χ4n) is 4.61. The van der Waals surface area contributed by atoms with Gasteiger partial charge in [0.1, 0.15) is 11.2 Å². The fraction of sp³-hybridized carbons (Fsp3) is 0.548. The molecule has 1 aromatic carbocycles. The first-order chi connectivity index (χ1) is 20.0. The summed E-state index contributed by atoms with van der Waals surface area (Å²) in [6, 6.07) is 10.9. The van der Waals surface area contributed by atoms with Crippen molar-refractivity contribution >= 4 is 47.3 Å². The van der Waals surface area contributed by atoms with Crippen LogP contribution >= 0.6 is 23.1 Å². The normalized spacial score (nSPS) is 17.7. The Morgan fingerprint density at radius 1 is 1.00 bits per heavy atom. The van der Waals surface area contributed by atoms with Crippen molar-refractivity contribution in [3.05, 3.63) is 57.8 Å². The molecule has 0 saturated carbocycles. The number of benzene rings is 1. The number of hydrogen-bond acceptors (Lipinski definition) is 9. The van der Waals surface area contributed by atoms with E-state index < -0.39 is 40.8 Å². The van der Waals surface area contributed by atoms with Gasteiger partial charge < -0.3 is 24.0 Å². The summed E-state index contributed by atoms with van der Waals surface area (Å²) in [4.78, 5) is 56.3. The lowest BCUT2D eigenvalue weighted by Gasteiger charge is -2.29. The van der Waals surface area contributed by atoms with Crippen LogP contribution in [0.1, 0.15) is 81.7 Å². The van der Waals surface area contributed by atoms with Gasteiger partial charge in [-0.3, -0.25) is 4.79 Å². The first-order valence-corrected chi connectivity index (χ1v) is 15.9. The van der Waals surface area contributed by atoms with E-state index in [-0.39, 0.29) is 11.3 Å². The van der Waals surface area contributed by atoms with E-state index in [1.165, 1.54) is 35.1 Å². The van der Waals surface area contributed by atoms with Gasteiger partial charge in [-0.25, -0.2) is 19.3 Å². The third-order valence-corrected chi connectivity index (χ3v) is 8.64. The van der Waals surface area contributed by atoms with E-state index in [9.17, 15) is 19.2 Å². The molecule has 1 saturated heterocycles. The number of rotatable bonds is 7. The molecular formula is C31H43N3O7S2. The molecule has 0 aliphatic carbocycles. The molecule has 0 N–H and O–H groups in total. The number of imide groups is 1. The predicted octanol–water partition coefficient (Wildman–Crippen LogP) is 7.15. The summed E-state index contributed by atoms with van der Waals surface area (Å²) in [6.07, 6.45) is -0.977. The second kappa shape index (κ2) is 14.0. The molecule has 0 bridgehead atoms. The third-order valence-electron chi connectivity index (χ3n) is 6.46. The van der Waals surface area contributed by atoms with E-state index in [0.717, 1.165) is 16.0 Å².